The minimum atomic E-state index is -0.945. The fraction of sp³-hybridized carbons (Fsp3) is 0.400. The summed E-state index contributed by atoms with van der Waals surface area (Å²) in [7, 11) is 0. The van der Waals surface area contributed by atoms with E-state index in [2.05, 4.69) is 27.5 Å². The molecule has 0 saturated heterocycles. The third-order valence-electron chi connectivity index (χ3n) is 7.99. The molecule has 3 aromatic rings. The second-order valence-electron chi connectivity index (χ2n) is 11.0. The molecular weight excluding hydrogens is 481 g/mol. The Morgan fingerprint density at radius 3 is 2.87 bits per heavy atom. The molecule has 3 atom stereocenters. The Balaban J connectivity index is 1.30. The number of rotatable bonds is 6. The number of hydrogen-bond acceptors (Lipinski definition) is 4. The zero-order valence-electron chi connectivity index (χ0n) is 21.8. The van der Waals surface area contributed by atoms with Crippen molar-refractivity contribution in [2.45, 2.75) is 58.4 Å². The topological polar surface area (TPSA) is 95.0 Å². The van der Waals surface area contributed by atoms with E-state index < -0.39 is 6.09 Å². The number of halogens is 1. The summed E-state index contributed by atoms with van der Waals surface area (Å²) in [4.78, 5) is 22.6. The van der Waals surface area contributed by atoms with Crippen LogP contribution < -0.4 is 0 Å². The molecule has 2 heterocycles. The van der Waals surface area contributed by atoms with Crippen molar-refractivity contribution >= 4 is 17.1 Å². The smallest absolute Gasteiger partial charge is 0.411 e. The van der Waals surface area contributed by atoms with Crippen LogP contribution in [0.2, 0.25) is 0 Å². The highest BCUT2D eigenvalue weighted by Gasteiger charge is 2.35. The third kappa shape index (κ3) is 5.33. The Hall–Kier alpha value is -3.99. The summed E-state index contributed by atoms with van der Waals surface area (Å²) in [6.45, 7) is 5.43. The van der Waals surface area contributed by atoms with Crippen LogP contribution in [0.25, 0.3) is 11.0 Å². The molecule has 2 aliphatic carbocycles. The predicted molar refractivity (Wildman–Crippen MR) is 143 cm³/mol. The van der Waals surface area contributed by atoms with Gasteiger partial charge in [0.05, 0.1) is 35.2 Å². The molecular formula is C30H32FN5O2. The average molecular weight is 514 g/mol. The van der Waals surface area contributed by atoms with Crippen LogP contribution in [0.3, 0.4) is 0 Å². The third-order valence-corrected chi connectivity index (χ3v) is 7.99. The quantitative estimate of drug-likeness (QED) is 0.399. The van der Waals surface area contributed by atoms with Gasteiger partial charge in [0.15, 0.2) is 0 Å². The molecule has 1 unspecified atom stereocenters. The molecule has 8 heteroatoms. The van der Waals surface area contributed by atoms with Crippen molar-refractivity contribution in [1.29, 1.82) is 5.26 Å². The maximum absolute atomic E-state index is 13.3. The van der Waals surface area contributed by atoms with Gasteiger partial charge in [-0.1, -0.05) is 25.5 Å². The summed E-state index contributed by atoms with van der Waals surface area (Å²) in [5.74, 6) is -0.134. The summed E-state index contributed by atoms with van der Waals surface area (Å²) in [5, 5.41) is 19.5. The van der Waals surface area contributed by atoms with E-state index in [1.165, 1.54) is 17.2 Å². The first-order valence-electron chi connectivity index (χ1n) is 13.1. The Bertz CT molecular complexity index is 1450. The zero-order chi connectivity index (χ0) is 26.9. The van der Waals surface area contributed by atoms with E-state index >= 15 is 0 Å². The van der Waals surface area contributed by atoms with Gasteiger partial charge in [0.2, 0.25) is 0 Å². The van der Waals surface area contributed by atoms with Crippen LogP contribution in [0.5, 0.6) is 0 Å². The maximum atomic E-state index is 13.3. The zero-order valence-corrected chi connectivity index (χ0v) is 21.8. The molecule has 0 spiro atoms. The van der Waals surface area contributed by atoms with Crippen LogP contribution in [0.1, 0.15) is 63.1 Å². The second kappa shape index (κ2) is 10.4. The van der Waals surface area contributed by atoms with Crippen molar-refractivity contribution in [3.05, 3.63) is 83.4 Å². The van der Waals surface area contributed by atoms with E-state index in [9.17, 15) is 19.6 Å². The average Bonchev–Trinajstić information content (AvgIpc) is 3.29. The van der Waals surface area contributed by atoms with Crippen LogP contribution in [0, 0.1) is 28.5 Å². The van der Waals surface area contributed by atoms with Gasteiger partial charge < -0.3 is 9.67 Å². The molecule has 0 radical (unpaired) electrons. The summed E-state index contributed by atoms with van der Waals surface area (Å²) < 4.78 is 15.4. The lowest BCUT2D eigenvalue weighted by atomic mass is 9.70. The second-order valence-corrected chi connectivity index (χ2v) is 11.0. The minimum absolute atomic E-state index is 0.000445. The molecule has 2 aliphatic rings. The normalized spacial score (nSPS) is 23.4. The van der Waals surface area contributed by atoms with Gasteiger partial charge in [-0.2, -0.15) is 5.26 Å². The number of nitrogens with zero attached hydrogens (tertiary/aromatic N) is 5. The molecule has 7 nitrogen and oxygen atoms in total. The summed E-state index contributed by atoms with van der Waals surface area (Å²) in [5.41, 5.74) is 4.84. The van der Waals surface area contributed by atoms with E-state index in [4.69, 9.17) is 0 Å². The molecule has 1 saturated carbocycles. The van der Waals surface area contributed by atoms with Crippen molar-refractivity contribution in [3.63, 3.8) is 0 Å². The Morgan fingerprint density at radius 2 is 2.16 bits per heavy atom. The predicted octanol–water partition coefficient (Wildman–Crippen LogP) is 6.64. The number of pyridine rings is 1. The number of allylic oxidation sites excluding steroid dienone is 3. The first kappa shape index (κ1) is 25.7. The number of fused-ring (bicyclic) bond motifs is 1. The molecule has 38 heavy (non-hydrogen) atoms. The van der Waals surface area contributed by atoms with Crippen LogP contribution in [-0.4, -0.2) is 37.2 Å². The van der Waals surface area contributed by atoms with Gasteiger partial charge in [0, 0.05) is 30.4 Å². The lowest BCUT2D eigenvalue weighted by molar-refractivity contribution is 0.106. The van der Waals surface area contributed by atoms with Crippen molar-refractivity contribution in [3.8, 4) is 6.07 Å². The van der Waals surface area contributed by atoms with Crippen molar-refractivity contribution in [2.24, 2.45) is 11.3 Å². The van der Waals surface area contributed by atoms with Gasteiger partial charge in [-0.05, 0) is 79.8 Å². The molecule has 5 rings (SSSR count). The number of carboxylic acid groups (broad SMARTS) is 1. The molecule has 1 aromatic carbocycles. The highest BCUT2D eigenvalue weighted by Crippen LogP contribution is 2.42. The number of benzene rings is 1. The molecule has 196 valence electrons. The Morgan fingerprint density at radius 1 is 1.32 bits per heavy atom. The standard InChI is InChI=1S/C30H32FN5O2/c1-20-12-23(25-9-7-24(31)16-33-25)6-10-27(20)36(29(37)38)17-22-4-3-11-30(2,14-22)18-35-19-34-26-8-5-21(15-32)13-28(26)35/h5,7-10,12-13,16,19,22-23H,3-4,6,11,14,17-18H2,1-2H3,(H,37,38)/t22?,23-,30-/m0/s1. The molecule has 1 N–H and O–H groups in total. The molecule has 0 bridgehead atoms. The number of carbonyl (C=O) groups is 1. The first-order chi connectivity index (χ1) is 18.2. The number of imidazole rings is 1. The molecule has 1 fully saturated rings. The summed E-state index contributed by atoms with van der Waals surface area (Å²) in [6.07, 6.45) is 10.7. The SMILES string of the molecule is CC1=C[C@@H](c2ccc(F)cn2)CC=C1N(CC1CCC[C@](C)(Cn2cnc3ccc(C#N)cc32)C1)C(=O)O. The fourth-order valence-electron chi connectivity index (χ4n) is 6.21. The van der Waals surface area contributed by atoms with E-state index in [-0.39, 0.29) is 23.1 Å². The minimum Gasteiger partial charge on any atom is -0.465 e. The van der Waals surface area contributed by atoms with Crippen molar-refractivity contribution < 1.29 is 14.3 Å². The number of aromatic nitrogens is 3. The highest BCUT2D eigenvalue weighted by molar-refractivity contribution is 5.77. The van der Waals surface area contributed by atoms with Crippen LogP contribution in [-0.2, 0) is 6.54 Å². The van der Waals surface area contributed by atoms with Gasteiger partial charge in [-0.15, -0.1) is 0 Å². The van der Waals surface area contributed by atoms with E-state index in [0.717, 1.165) is 60.2 Å². The largest absolute Gasteiger partial charge is 0.465 e. The van der Waals surface area contributed by atoms with Crippen LogP contribution in [0.4, 0.5) is 9.18 Å². The van der Waals surface area contributed by atoms with Gasteiger partial charge in [0.1, 0.15) is 5.82 Å². The van der Waals surface area contributed by atoms with E-state index in [1.54, 1.807) is 12.1 Å². The van der Waals surface area contributed by atoms with Crippen LogP contribution >= 0.6 is 0 Å². The van der Waals surface area contributed by atoms with E-state index in [0.29, 0.717) is 18.5 Å². The summed E-state index contributed by atoms with van der Waals surface area (Å²) in [6, 6.07) is 10.9. The summed E-state index contributed by atoms with van der Waals surface area (Å²) >= 11 is 0. The van der Waals surface area contributed by atoms with Crippen molar-refractivity contribution in [1.82, 2.24) is 19.4 Å². The van der Waals surface area contributed by atoms with Crippen LogP contribution in [0.15, 0.2) is 66.3 Å². The molecule has 1 amide bonds. The van der Waals surface area contributed by atoms with Crippen molar-refractivity contribution in [2.75, 3.05) is 6.54 Å². The number of nitriles is 1. The molecule has 2 aromatic heterocycles. The van der Waals surface area contributed by atoms with Gasteiger partial charge in [0.25, 0.3) is 0 Å². The Kier molecular flexibility index (Phi) is 7.02. The number of amides is 1. The van der Waals surface area contributed by atoms with Gasteiger partial charge >= 0.3 is 6.09 Å². The molecule has 0 aliphatic heterocycles. The van der Waals surface area contributed by atoms with E-state index in [1.807, 2.05) is 37.5 Å². The van der Waals surface area contributed by atoms with Gasteiger partial charge in [-0.25, -0.2) is 14.2 Å². The monoisotopic (exact) mass is 513 g/mol. The highest BCUT2D eigenvalue weighted by atomic mass is 19.1. The lowest BCUT2D eigenvalue weighted by Gasteiger charge is -2.40. The van der Waals surface area contributed by atoms with Gasteiger partial charge in [-0.3, -0.25) is 9.88 Å². The fourth-order valence-corrected chi connectivity index (χ4v) is 6.21. The Labute approximate surface area is 221 Å². The number of hydrogen-bond donors (Lipinski definition) is 1. The lowest BCUT2D eigenvalue weighted by Crippen LogP contribution is -2.39. The maximum Gasteiger partial charge on any atom is 0.411 e. The first-order valence-corrected chi connectivity index (χ1v) is 13.1.